The molecule has 1 unspecified atom stereocenters. The third-order valence-corrected chi connectivity index (χ3v) is 9.84. The van der Waals surface area contributed by atoms with Gasteiger partial charge in [-0.2, -0.15) is 19.0 Å². The Hall–Kier alpha value is -5.13. The number of hydrogen-bond donors (Lipinski definition) is 0. The standard InChI is InChI=1S/C31H26F2N6O5S/c1-43-22-4-7-27(26(18-22)44-2)45(41,42)39-25-6-3-20(19-34)17-24(25)31(30(39)40,23-5-8-28(32)36-29(23)33)38-15-13-37(14-16-38)21-9-11-35-12-10-21/h3-12,17-18H,13-16H2,1-2H3. The van der Waals surface area contributed by atoms with Crippen LogP contribution in [0.2, 0.25) is 0 Å². The van der Waals surface area contributed by atoms with Gasteiger partial charge in [-0.3, -0.25) is 14.7 Å². The smallest absolute Gasteiger partial charge is 0.274 e. The number of fused-ring (bicyclic) bond motifs is 1. The number of piperazine rings is 1. The molecule has 2 aromatic carbocycles. The monoisotopic (exact) mass is 632 g/mol. The van der Waals surface area contributed by atoms with Gasteiger partial charge in [-0.15, -0.1) is 0 Å². The minimum absolute atomic E-state index is 0.0484. The summed E-state index contributed by atoms with van der Waals surface area (Å²) in [6, 6.07) is 15.8. The average Bonchev–Trinajstić information content (AvgIpc) is 3.33. The normalized spacial score (nSPS) is 18.4. The lowest BCUT2D eigenvalue weighted by atomic mass is 9.81. The summed E-state index contributed by atoms with van der Waals surface area (Å²) in [6.45, 7) is 1.09. The molecule has 2 aromatic heterocycles. The second kappa shape index (κ2) is 11.4. The molecule has 1 atom stereocenters. The number of hydrogen-bond acceptors (Lipinski definition) is 10. The molecule has 0 radical (unpaired) electrons. The van der Waals surface area contributed by atoms with Crippen LogP contribution in [0.4, 0.5) is 20.2 Å². The highest BCUT2D eigenvalue weighted by molar-refractivity contribution is 7.93. The molecule has 45 heavy (non-hydrogen) atoms. The number of benzene rings is 2. The molecular weight excluding hydrogens is 606 g/mol. The van der Waals surface area contributed by atoms with E-state index in [0.29, 0.717) is 23.1 Å². The van der Waals surface area contributed by atoms with Gasteiger partial charge in [-0.05, 0) is 54.6 Å². The molecule has 1 fully saturated rings. The van der Waals surface area contributed by atoms with Crippen LogP contribution in [0.5, 0.6) is 11.5 Å². The van der Waals surface area contributed by atoms with Gasteiger partial charge in [0.15, 0.2) is 5.54 Å². The first-order valence-corrected chi connectivity index (χ1v) is 15.2. The van der Waals surface area contributed by atoms with Crippen LogP contribution in [0.25, 0.3) is 0 Å². The van der Waals surface area contributed by atoms with Gasteiger partial charge in [0.1, 0.15) is 16.4 Å². The Kier molecular flexibility index (Phi) is 7.59. The molecule has 14 heteroatoms. The number of ether oxygens (including phenoxy) is 2. The predicted molar refractivity (Wildman–Crippen MR) is 158 cm³/mol. The van der Waals surface area contributed by atoms with Crippen LogP contribution < -0.4 is 18.7 Å². The van der Waals surface area contributed by atoms with E-state index < -0.39 is 33.4 Å². The Morgan fingerprint density at radius 3 is 2.29 bits per heavy atom. The third-order valence-electron chi connectivity index (χ3n) is 8.10. The summed E-state index contributed by atoms with van der Waals surface area (Å²) in [6.07, 6.45) is 3.30. The largest absolute Gasteiger partial charge is 0.497 e. The number of aromatic nitrogens is 2. The number of pyridine rings is 2. The number of nitrogens with zero attached hydrogens (tertiary/aromatic N) is 6. The average molecular weight is 633 g/mol. The van der Waals surface area contributed by atoms with Crippen LogP contribution in [-0.4, -0.2) is 69.6 Å². The van der Waals surface area contributed by atoms with E-state index in [2.05, 4.69) is 9.97 Å². The van der Waals surface area contributed by atoms with Gasteiger partial charge in [0.05, 0.1) is 31.5 Å². The van der Waals surface area contributed by atoms with Gasteiger partial charge >= 0.3 is 0 Å². The van der Waals surface area contributed by atoms with Crippen molar-refractivity contribution < 1.29 is 31.5 Å². The van der Waals surface area contributed by atoms with Gasteiger partial charge in [0, 0.05) is 61.5 Å². The highest BCUT2D eigenvalue weighted by Crippen LogP contribution is 2.52. The SMILES string of the molecule is COc1ccc(S(=O)(=O)N2C(=O)C(c3ccc(F)nc3F)(N3CCN(c4ccncc4)CC3)c3cc(C#N)ccc32)c(OC)c1. The van der Waals surface area contributed by atoms with E-state index in [9.17, 15) is 22.9 Å². The van der Waals surface area contributed by atoms with E-state index in [1.807, 2.05) is 23.1 Å². The summed E-state index contributed by atoms with van der Waals surface area (Å²) >= 11 is 0. The van der Waals surface area contributed by atoms with E-state index in [0.717, 1.165) is 17.8 Å². The third kappa shape index (κ3) is 4.71. The molecule has 0 aliphatic carbocycles. The second-order valence-corrected chi connectivity index (χ2v) is 12.1. The topological polar surface area (TPSA) is 129 Å². The number of halogens is 2. The van der Waals surface area contributed by atoms with Gasteiger partial charge in [-0.1, -0.05) is 0 Å². The zero-order valence-corrected chi connectivity index (χ0v) is 25.0. The van der Waals surface area contributed by atoms with Gasteiger partial charge in [0.2, 0.25) is 11.9 Å². The van der Waals surface area contributed by atoms with Crippen molar-refractivity contribution in [3.63, 3.8) is 0 Å². The maximum absolute atomic E-state index is 15.8. The lowest BCUT2D eigenvalue weighted by Crippen LogP contribution is -2.60. The summed E-state index contributed by atoms with van der Waals surface area (Å²) in [4.78, 5) is 25.7. The minimum Gasteiger partial charge on any atom is -0.497 e. The zero-order chi connectivity index (χ0) is 31.9. The molecule has 2 aliphatic heterocycles. The fourth-order valence-electron chi connectivity index (χ4n) is 6.04. The molecular formula is C31H26F2N6O5S. The number of carbonyl (C=O) groups is 1. The van der Waals surface area contributed by atoms with Crippen molar-refractivity contribution in [2.24, 2.45) is 0 Å². The lowest BCUT2D eigenvalue weighted by molar-refractivity contribution is -0.127. The summed E-state index contributed by atoms with van der Waals surface area (Å²) in [5.41, 5.74) is -1.51. The van der Waals surface area contributed by atoms with E-state index >= 15 is 4.39 Å². The maximum Gasteiger partial charge on any atom is 0.274 e. The van der Waals surface area contributed by atoms with Crippen molar-refractivity contribution in [1.82, 2.24) is 14.9 Å². The Morgan fingerprint density at radius 2 is 1.64 bits per heavy atom. The molecule has 0 saturated carbocycles. The Bertz CT molecular complexity index is 1950. The highest BCUT2D eigenvalue weighted by Gasteiger charge is 2.61. The molecule has 4 aromatic rings. The molecule has 0 bridgehead atoms. The van der Waals surface area contributed by atoms with Crippen molar-refractivity contribution in [2.45, 2.75) is 10.4 Å². The van der Waals surface area contributed by atoms with E-state index in [-0.39, 0.29) is 46.1 Å². The van der Waals surface area contributed by atoms with E-state index in [4.69, 9.17) is 9.47 Å². The first kappa shape index (κ1) is 29.9. The highest BCUT2D eigenvalue weighted by atomic mass is 32.2. The molecule has 1 amide bonds. The van der Waals surface area contributed by atoms with Crippen molar-refractivity contribution in [1.29, 1.82) is 5.26 Å². The van der Waals surface area contributed by atoms with Crippen LogP contribution >= 0.6 is 0 Å². The van der Waals surface area contributed by atoms with Gasteiger partial charge < -0.3 is 14.4 Å². The molecule has 1 saturated heterocycles. The number of amides is 1. The molecule has 230 valence electrons. The summed E-state index contributed by atoms with van der Waals surface area (Å²) in [5, 5.41) is 9.80. The molecule has 11 nitrogen and oxygen atoms in total. The lowest BCUT2D eigenvalue weighted by Gasteiger charge is -2.45. The molecule has 2 aliphatic rings. The number of anilines is 2. The fourth-order valence-corrected chi connectivity index (χ4v) is 7.64. The van der Waals surface area contributed by atoms with Crippen molar-refractivity contribution >= 4 is 27.3 Å². The zero-order valence-electron chi connectivity index (χ0n) is 24.1. The van der Waals surface area contributed by atoms with Gasteiger partial charge in [0.25, 0.3) is 15.9 Å². The fraction of sp³-hybridized carbons (Fsp3) is 0.226. The summed E-state index contributed by atoms with van der Waals surface area (Å²) in [7, 11) is -2.04. The predicted octanol–water partition coefficient (Wildman–Crippen LogP) is 3.44. The quantitative estimate of drug-likeness (QED) is 0.280. The summed E-state index contributed by atoms with van der Waals surface area (Å²) in [5.74, 6) is -3.20. The minimum atomic E-state index is -4.72. The summed E-state index contributed by atoms with van der Waals surface area (Å²) < 4.78 is 70.0. The Labute approximate surface area is 257 Å². The number of methoxy groups -OCH3 is 2. The van der Waals surface area contributed by atoms with Crippen LogP contribution in [0.3, 0.4) is 0 Å². The Balaban J connectivity index is 1.57. The molecule has 4 heterocycles. The van der Waals surface area contributed by atoms with Gasteiger partial charge in [-0.25, -0.2) is 12.7 Å². The van der Waals surface area contributed by atoms with Crippen LogP contribution in [-0.2, 0) is 20.4 Å². The number of sulfonamides is 1. The van der Waals surface area contributed by atoms with Crippen LogP contribution in [0.15, 0.2) is 78.0 Å². The first-order valence-electron chi connectivity index (χ1n) is 13.8. The van der Waals surface area contributed by atoms with Crippen molar-refractivity contribution in [3.05, 3.63) is 102 Å². The first-order chi connectivity index (χ1) is 21.7. The van der Waals surface area contributed by atoms with Crippen LogP contribution in [0.1, 0.15) is 16.7 Å². The molecule has 0 N–H and O–H groups in total. The molecule has 0 spiro atoms. The van der Waals surface area contributed by atoms with Crippen molar-refractivity contribution in [2.75, 3.05) is 49.6 Å². The van der Waals surface area contributed by atoms with E-state index in [1.54, 1.807) is 17.3 Å². The van der Waals surface area contributed by atoms with Crippen molar-refractivity contribution in [3.8, 4) is 17.6 Å². The number of nitriles is 1. The van der Waals surface area contributed by atoms with E-state index in [1.165, 1.54) is 50.6 Å². The maximum atomic E-state index is 15.8. The van der Waals surface area contributed by atoms with Crippen LogP contribution in [0, 0.1) is 23.2 Å². The Morgan fingerprint density at radius 1 is 0.911 bits per heavy atom. The second-order valence-electron chi connectivity index (χ2n) is 10.3. The molecule has 6 rings (SSSR count). The number of rotatable bonds is 7. The number of carbonyl (C=O) groups excluding carboxylic acids is 1.